The summed E-state index contributed by atoms with van der Waals surface area (Å²) in [6.45, 7) is -0.778. The van der Waals surface area contributed by atoms with E-state index in [-0.39, 0.29) is 0 Å². The molecule has 3 heteroatoms. The molecule has 0 heterocycles. The second-order valence-electron chi connectivity index (χ2n) is 0.595. The standard InChI is InChI=1S/C2H4F2N/c3-2(4)1-5/h2,5H,1H2/q-1. The van der Waals surface area contributed by atoms with Crippen LogP contribution < -0.4 is 0 Å². The van der Waals surface area contributed by atoms with Crippen LogP contribution in [0, 0.1) is 0 Å². The summed E-state index contributed by atoms with van der Waals surface area (Å²) in [6.07, 6.45) is -2.45. The summed E-state index contributed by atoms with van der Waals surface area (Å²) in [5.74, 6) is 0. The van der Waals surface area contributed by atoms with Gasteiger partial charge in [0.25, 0.3) is 0 Å². The second-order valence-corrected chi connectivity index (χ2v) is 0.595. The Morgan fingerprint density at radius 3 is 1.80 bits per heavy atom. The van der Waals surface area contributed by atoms with E-state index in [0.29, 0.717) is 0 Å². The Morgan fingerprint density at radius 2 is 1.80 bits per heavy atom. The second kappa shape index (κ2) is 2.08. The van der Waals surface area contributed by atoms with Gasteiger partial charge in [0, 0.05) is 0 Å². The van der Waals surface area contributed by atoms with Crippen LogP contribution in [0.1, 0.15) is 0 Å². The molecule has 0 aliphatic heterocycles. The molecule has 0 spiro atoms. The summed E-state index contributed by atoms with van der Waals surface area (Å²) < 4.78 is 21.2. The van der Waals surface area contributed by atoms with Gasteiger partial charge in [0.05, 0.1) is 0 Å². The summed E-state index contributed by atoms with van der Waals surface area (Å²) in [7, 11) is 0. The van der Waals surface area contributed by atoms with E-state index in [1.165, 1.54) is 0 Å². The van der Waals surface area contributed by atoms with Crippen molar-refractivity contribution in [3.8, 4) is 0 Å². The zero-order valence-electron chi connectivity index (χ0n) is 2.54. The first-order chi connectivity index (χ1) is 2.27. The fourth-order valence-electron chi connectivity index (χ4n) is 0. The van der Waals surface area contributed by atoms with Crippen LogP contribution in [0.3, 0.4) is 0 Å². The van der Waals surface area contributed by atoms with Gasteiger partial charge in [-0.1, -0.05) is 6.54 Å². The lowest BCUT2D eigenvalue weighted by atomic mass is 10.7. The molecule has 0 saturated heterocycles. The van der Waals surface area contributed by atoms with Crippen molar-refractivity contribution in [2.45, 2.75) is 6.43 Å². The van der Waals surface area contributed by atoms with Gasteiger partial charge in [0.1, 0.15) is 0 Å². The third-order valence-corrected chi connectivity index (χ3v) is 0.154. The van der Waals surface area contributed by atoms with Gasteiger partial charge in [-0.2, -0.15) is 0 Å². The molecule has 32 valence electrons. The Hall–Kier alpha value is -0.180. The molecule has 0 saturated carbocycles. The molecule has 0 aliphatic carbocycles. The summed E-state index contributed by atoms with van der Waals surface area (Å²) in [5.41, 5.74) is 5.91. The predicted octanol–water partition coefficient (Wildman–Crippen LogP) is 1.30. The van der Waals surface area contributed by atoms with E-state index in [2.05, 4.69) is 0 Å². The largest absolute Gasteiger partial charge is 0.673 e. The smallest absolute Gasteiger partial charge is 0.220 e. The quantitative estimate of drug-likeness (QED) is 0.453. The maximum Gasteiger partial charge on any atom is 0.220 e. The van der Waals surface area contributed by atoms with Crippen molar-refractivity contribution in [1.29, 1.82) is 0 Å². The highest BCUT2D eigenvalue weighted by Gasteiger charge is 1.85. The normalized spacial score (nSPS) is 9.60. The first-order valence-corrected chi connectivity index (χ1v) is 1.20. The molecule has 1 N–H and O–H groups in total. The van der Waals surface area contributed by atoms with E-state index in [1.54, 1.807) is 0 Å². The molecule has 0 aromatic heterocycles. The minimum Gasteiger partial charge on any atom is -0.673 e. The van der Waals surface area contributed by atoms with Gasteiger partial charge in [0.2, 0.25) is 6.43 Å². The van der Waals surface area contributed by atoms with Crippen molar-refractivity contribution in [3.63, 3.8) is 0 Å². The number of alkyl halides is 2. The van der Waals surface area contributed by atoms with Gasteiger partial charge in [-0.05, 0) is 0 Å². The van der Waals surface area contributed by atoms with Gasteiger partial charge >= 0.3 is 0 Å². The highest BCUT2D eigenvalue weighted by Crippen LogP contribution is 1.87. The van der Waals surface area contributed by atoms with Gasteiger partial charge in [0.15, 0.2) is 0 Å². The predicted molar refractivity (Wildman–Crippen MR) is 15.2 cm³/mol. The van der Waals surface area contributed by atoms with Gasteiger partial charge in [-0.3, -0.25) is 0 Å². The fraction of sp³-hybridized carbons (Fsp3) is 1.00. The topological polar surface area (TPSA) is 23.8 Å². The lowest BCUT2D eigenvalue weighted by Gasteiger charge is -1.92. The molecule has 0 aromatic rings. The molecule has 0 rings (SSSR count). The Labute approximate surface area is 28.8 Å². The summed E-state index contributed by atoms with van der Waals surface area (Å²) in [5, 5.41) is 0. The van der Waals surface area contributed by atoms with Crippen molar-refractivity contribution in [2.75, 3.05) is 6.54 Å². The highest BCUT2D eigenvalue weighted by atomic mass is 19.3. The molecule has 0 amide bonds. The molecule has 0 aliphatic rings. The van der Waals surface area contributed by atoms with Crippen LogP contribution in [0.15, 0.2) is 0 Å². The van der Waals surface area contributed by atoms with E-state index < -0.39 is 13.0 Å². The zero-order valence-corrected chi connectivity index (χ0v) is 2.54. The van der Waals surface area contributed by atoms with E-state index in [0.717, 1.165) is 0 Å². The Kier molecular flexibility index (Phi) is 2.01. The Bertz CT molecular complexity index is 21.6. The van der Waals surface area contributed by atoms with E-state index in [1.807, 2.05) is 0 Å². The molecule has 1 nitrogen and oxygen atoms in total. The molecule has 0 atom stereocenters. The van der Waals surface area contributed by atoms with Gasteiger partial charge in [-0.25, -0.2) is 8.78 Å². The maximum absolute atomic E-state index is 10.6. The number of hydrogen-bond donors (Lipinski definition) is 0. The average molecular weight is 80.1 g/mol. The van der Waals surface area contributed by atoms with Crippen LogP contribution in [0.25, 0.3) is 5.73 Å². The van der Waals surface area contributed by atoms with Crippen LogP contribution >= 0.6 is 0 Å². The molecule has 0 radical (unpaired) electrons. The maximum atomic E-state index is 10.6. The summed E-state index contributed by atoms with van der Waals surface area (Å²) in [6, 6.07) is 0. The zero-order chi connectivity index (χ0) is 4.28. The van der Waals surface area contributed by atoms with Crippen molar-refractivity contribution in [2.24, 2.45) is 0 Å². The van der Waals surface area contributed by atoms with Gasteiger partial charge in [-0.15, -0.1) is 0 Å². The molecular weight excluding hydrogens is 76.0 g/mol. The minimum absolute atomic E-state index is 0.778. The van der Waals surface area contributed by atoms with Crippen LogP contribution in [-0.2, 0) is 0 Å². The van der Waals surface area contributed by atoms with E-state index in [9.17, 15) is 8.78 Å². The van der Waals surface area contributed by atoms with Crippen molar-refractivity contribution < 1.29 is 8.78 Å². The summed E-state index contributed by atoms with van der Waals surface area (Å²) in [4.78, 5) is 0. The van der Waals surface area contributed by atoms with Crippen molar-refractivity contribution >= 4 is 0 Å². The summed E-state index contributed by atoms with van der Waals surface area (Å²) >= 11 is 0. The number of rotatable bonds is 1. The fourth-order valence-corrected chi connectivity index (χ4v) is 0. The van der Waals surface area contributed by atoms with E-state index >= 15 is 0 Å². The SMILES string of the molecule is [NH-]CC(F)F. The first kappa shape index (κ1) is 4.82. The third-order valence-electron chi connectivity index (χ3n) is 0.154. The molecule has 5 heavy (non-hydrogen) atoms. The van der Waals surface area contributed by atoms with Crippen LogP contribution in [0.4, 0.5) is 8.78 Å². The molecule has 0 fully saturated rings. The van der Waals surface area contributed by atoms with Crippen molar-refractivity contribution in [1.82, 2.24) is 0 Å². The minimum atomic E-state index is -2.45. The number of hydrogen-bond acceptors (Lipinski definition) is 0. The monoisotopic (exact) mass is 80.0 g/mol. The average Bonchev–Trinajstić information content (AvgIpc) is 1.38. The van der Waals surface area contributed by atoms with Crippen LogP contribution in [-0.4, -0.2) is 13.0 Å². The lowest BCUT2D eigenvalue weighted by Crippen LogP contribution is -1.89. The van der Waals surface area contributed by atoms with Gasteiger partial charge < -0.3 is 5.73 Å². The highest BCUT2D eigenvalue weighted by molar-refractivity contribution is 4.49. The molecule has 0 bridgehead atoms. The molecule has 0 aromatic carbocycles. The molecular formula is C2H4F2N-. The third kappa shape index (κ3) is 3.82. The molecule has 0 unspecified atom stereocenters. The Balaban J connectivity index is 2.54. The van der Waals surface area contributed by atoms with Crippen LogP contribution in [0.2, 0.25) is 0 Å². The van der Waals surface area contributed by atoms with Crippen molar-refractivity contribution in [3.05, 3.63) is 5.73 Å². The van der Waals surface area contributed by atoms with E-state index in [4.69, 9.17) is 5.73 Å². The lowest BCUT2D eigenvalue weighted by molar-refractivity contribution is 0.168. The number of nitrogens with one attached hydrogen (secondary N) is 1. The first-order valence-electron chi connectivity index (χ1n) is 1.20. The Morgan fingerprint density at radius 1 is 1.60 bits per heavy atom. The number of halogens is 2. The van der Waals surface area contributed by atoms with Crippen LogP contribution in [0.5, 0.6) is 0 Å².